The third-order valence-electron chi connectivity index (χ3n) is 1.51. The van der Waals surface area contributed by atoms with E-state index in [1.807, 2.05) is 6.07 Å². The van der Waals surface area contributed by atoms with Crippen LogP contribution >= 0.6 is 0 Å². The van der Waals surface area contributed by atoms with E-state index in [2.05, 4.69) is 0 Å². The highest BCUT2D eigenvalue weighted by molar-refractivity contribution is 5.66. The maximum absolute atomic E-state index is 10.2. The molecular formula is C8H8N2O2. The molecular weight excluding hydrogens is 156 g/mol. The Hall–Kier alpha value is -1.76. The van der Waals surface area contributed by atoms with Crippen LogP contribution in [-0.2, 0) is 11.3 Å². The number of hydrogen-bond acceptors (Lipinski definition) is 2. The lowest BCUT2D eigenvalue weighted by Crippen LogP contribution is -2.04. The Morgan fingerprint density at radius 1 is 1.75 bits per heavy atom. The van der Waals surface area contributed by atoms with Crippen molar-refractivity contribution < 1.29 is 9.90 Å². The molecule has 1 aromatic heterocycles. The summed E-state index contributed by atoms with van der Waals surface area (Å²) in [5.74, 6) is -0.854. The lowest BCUT2D eigenvalue weighted by molar-refractivity contribution is -0.137. The van der Waals surface area contributed by atoms with E-state index in [-0.39, 0.29) is 6.42 Å². The summed E-state index contributed by atoms with van der Waals surface area (Å²) in [6.45, 7) is 0.352. The molecule has 1 N–H and O–H groups in total. The summed E-state index contributed by atoms with van der Waals surface area (Å²) in [4.78, 5) is 10.2. The van der Waals surface area contributed by atoms with Crippen molar-refractivity contribution in [1.29, 1.82) is 5.26 Å². The SMILES string of the molecule is N#Cc1cccn1CCC(=O)O. The van der Waals surface area contributed by atoms with E-state index in [1.54, 1.807) is 22.9 Å². The molecule has 0 spiro atoms. The van der Waals surface area contributed by atoms with Gasteiger partial charge in [0, 0.05) is 12.7 Å². The van der Waals surface area contributed by atoms with Crippen molar-refractivity contribution in [2.75, 3.05) is 0 Å². The molecule has 0 aromatic carbocycles. The monoisotopic (exact) mass is 164 g/mol. The lowest BCUT2D eigenvalue weighted by atomic mass is 10.4. The third kappa shape index (κ3) is 1.86. The minimum atomic E-state index is -0.854. The van der Waals surface area contributed by atoms with Crippen molar-refractivity contribution in [3.63, 3.8) is 0 Å². The maximum atomic E-state index is 10.2. The Labute approximate surface area is 69.7 Å². The minimum Gasteiger partial charge on any atom is -0.481 e. The van der Waals surface area contributed by atoms with E-state index >= 15 is 0 Å². The summed E-state index contributed by atoms with van der Waals surface area (Å²) in [5, 5.41) is 16.9. The smallest absolute Gasteiger partial charge is 0.305 e. The van der Waals surface area contributed by atoms with Gasteiger partial charge in [-0.05, 0) is 12.1 Å². The van der Waals surface area contributed by atoms with Crippen LogP contribution in [0.3, 0.4) is 0 Å². The molecule has 0 saturated carbocycles. The van der Waals surface area contributed by atoms with Crippen molar-refractivity contribution in [3.8, 4) is 6.07 Å². The first-order chi connectivity index (χ1) is 5.74. The molecule has 0 bridgehead atoms. The molecule has 0 aliphatic rings. The standard InChI is InChI=1S/C8H8N2O2/c9-6-7-2-1-4-10(7)5-3-8(11)12/h1-2,4H,3,5H2,(H,11,12). The second-order valence-corrected chi connectivity index (χ2v) is 2.34. The molecule has 0 aliphatic heterocycles. The Bertz CT molecular complexity index is 322. The number of rotatable bonds is 3. The molecule has 4 nitrogen and oxygen atoms in total. The number of aliphatic carboxylic acids is 1. The first kappa shape index (κ1) is 8.34. The van der Waals surface area contributed by atoms with E-state index in [0.29, 0.717) is 12.2 Å². The number of carboxylic acid groups (broad SMARTS) is 1. The molecule has 0 radical (unpaired) electrons. The van der Waals surface area contributed by atoms with Crippen LogP contribution in [0.15, 0.2) is 18.3 Å². The Kier molecular flexibility index (Phi) is 2.49. The van der Waals surface area contributed by atoms with Gasteiger partial charge in [-0.2, -0.15) is 5.26 Å². The summed E-state index contributed by atoms with van der Waals surface area (Å²) in [5.41, 5.74) is 0.497. The highest BCUT2D eigenvalue weighted by Gasteiger charge is 2.01. The average Bonchev–Trinajstić information content (AvgIpc) is 2.47. The molecule has 62 valence electrons. The molecule has 0 saturated heterocycles. The predicted molar refractivity (Wildman–Crippen MR) is 41.4 cm³/mol. The summed E-state index contributed by atoms with van der Waals surface area (Å²) in [6, 6.07) is 5.35. The topological polar surface area (TPSA) is 66.0 Å². The van der Waals surface area contributed by atoms with Crippen LogP contribution in [0.25, 0.3) is 0 Å². The second kappa shape index (κ2) is 3.58. The summed E-state index contributed by atoms with van der Waals surface area (Å²) in [6.07, 6.45) is 1.74. The van der Waals surface area contributed by atoms with Gasteiger partial charge < -0.3 is 9.67 Å². The van der Waals surface area contributed by atoms with E-state index in [9.17, 15) is 4.79 Å². The Morgan fingerprint density at radius 3 is 3.08 bits per heavy atom. The largest absolute Gasteiger partial charge is 0.481 e. The van der Waals surface area contributed by atoms with Crippen LogP contribution in [0.1, 0.15) is 12.1 Å². The minimum absolute atomic E-state index is 0.0450. The van der Waals surface area contributed by atoms with Gasteiger partial charge in [0.05, 0.1) is 6.42 Å². The number of aromatic nitrogens is 1. The second-order valence-electron chi connectivity index (χ2n) is 2.34. The predicted octanol–water partition coefficient (Wildman–Crippen LogP) is 0.834. The van der Waals surface area contributed by atoms with Gasteiger partial charge in [0.15, 0.2) is 0 Å². The summed E-state index contributed by atoms with van der Waals surface area (Å²) < 4.78 is 1.62. The van der Waals surface area contributed by atoms with E-state index in [4.69, 9.17) is 10.4 Å². The van der Waals surface area contributed by atoms with Gasteiger partial charge in [0.2, 0.25) is 0 Å². The fourth-order valence-electron chi connectivity index (χ4n) is 0.927. The molecule has 0 fully saturated rings. The summed E-state index contributed by atoms with van der Waals surface area (Å²) in [7, 11) is 0. The zero-order valence-corrected chi connectivity index (χ0v) is 6.40. The van der Waals surface area contributed by atoms with Gasteiger partial charge in [-0.25, -0.2) is 0 Å². The molecule has 1 heterocycles. The molecule has 12 heavy (non-hydrogen) atoms. The maximum Gasteiger partial charge on any atom is 0.305 e. The molecule has 0 aliphatic carbocycles. The highest BCUT2D eigenvalue weighted by Crippen LogP contribution is 2.01. The number of carbonyl (C=O) groups is 1. The molecule has 0 atom stereocenters. The van der Waals surface area contributed by atoms with Crippen LogP contribution in [-0.4, -0.2) is 15.6 Å². The van der Waals surface area contributed by atoms with Crippen LogP contribution in [0.4, 0.5) is 0 Å². The lowest BCUT2D eigenvalue weighted by Gasteiger charge is -2.00. The molecule has 1 aromatic rings. The van der Waals surface area contributed by atoms with Crippen LogP contribution in [0.2, 0.25) is 0 Å². The molecule has 1 rings (SSSR count). The molecule has 0 unspecified atom stereocenters. The summed E-state index contributed by atoms with van der Waals surface area (Å²) >= 11 is 0. The number of aryl methyl sites for hydroxylation is 1. The number of nitrogens with zero attached hydrogens (tertiary/aromatic N) is 2. The third-order valence-corrected chi connectivity index (χ3v) is 1.51. The van der Waals surface area contributed by atoms with Crippen molar-refractivity contribution in [1.82, 2.24) is 4.57 Å². The van der Waals surface area contributed by atoms with E-state index in [0.717, 1.165) is 0 Å². The molecule has 0 amide bonds. The zero-order chi connectivity index (χ0) is 8.97. The van der Waals surface area contributed by atoms with Gasteiger partial charge in [-0.1, -0.05) is 0 Å². The van der Waals surface area contributed by atoms with Crippen molar-refractivity contribution in [3.05, 3.63) is 24.0 Å². The van der Waals surface area contributed by atoms with Crippen molar-refractivity contribution in [2.45, 2.75) is 13.0 Å². The Balaban J connectivity index is 2.64. The quantitative estimate of drug-likeness (QED) is 0.719. The first-order valence-electron chi connectivity index (χ1n) is 3.51. The fourth-order valence-corrected chi connectivity index (χ4v) is 0.927. The molecule has 4 heteroatoms. The zero-order valence-electron chi connectivity index (χ0n) is 6.40. The van der Waals surface area contributed by atoms with Gasteiger partial charge >= 0.3 is 5.97 Å². The van der Waals surface area contributed by atoms with Crippen LogP contribution < -0.4 is 0 Å². The van der Waals surface area contributed by atoms with E-state index in [1.165, 1.54) is 0 Å². The Morgan fingerprint density at radius 2 is 2.50 bits per heavy atom. The van der Waals surface area contributed by atoms with Gasteiger partial charge in [-0.3, -0.25) is 4.79 Å². The number of nitriles is 1. The van der Waals surface area contributed by atoms with Gasteiger partial charge in [-0.15, -0.1) is 0 Å². The average molecular weight is 164 g/mol. The van der Waals surface area contributed by atoms with E-state index < -0.39 is 5.97 Å². The van der Waals surface area contributed by atoms with Crippen LogP contribution in [0.5, 0.6) is 0 Å². The van der Waals surface area contributed by atoms with Crippen molar-refractivity contribution in [2.24, 2.45) is 0 Å². The fraction of sp³-hybridized carbons (Fsp3) is 0.250. The van der Waals surface area contributed by atoms with Crippen molar-refractivity contribution >= 4 is 5.97 Å². The normalized spacial score (nSPS) is 9.25. The van der Waals surface area contributed by atoms with Gasteiger partial charge in [0.1, 0.15) is 11.8 Å². The number of hydrogen-bond donors (Lipinski definition) is 1. The van der Waals surface area contributed by atoms with Gasteiger partial charge in [0.25, 0.3) is 0 Å². The number of carboxylic acids is 1. The highest BCUT2D eigenvalue weighted by atomic mass is 16.4. The van der Waals surface area contributed by atoms with Crippen LogP contribution in [0, 0.1) is 11.3 Å². The first-order valence-corrected chi connectivity index (χ1v) is 3.51.